The molecule has 4 atom stereocenters. The van der Waals surface area contributed by atoms with Crippen molar-refractivity contribution in [2.24, 2.45) is 11.8 Å². The quantitative estimate of drug-likeness (QED) is 0.776. The van der Waals surface area contributed by atoms with Gasteiger partial charge in [0.1, 0.15) is 5.75 Å². The monoisotopic (exact) mass is 409 g/mol. The molecule has 2 aromatic rings. The van der Waals surface area contributed by atoms with Crippen molar-refractivity contribution < 1.29 is 18.7 Å². The van der Waals surface area contributed by atoms with E-state index in [2.05, 4.69) is 22.0 Å². The molecule has 0 N–H and O–H groups in total. The van der Waals surface area contributed by atoms with Gasteiger partial charge in [-0.3, -0.25) is 9.59 Å². The average Bonchev–Trinajstić information content (AvgIpc) is 3.31. The largest absolute Gasteiger partial charge is 0.497 e. The SMILES string of the molecule is COc1cccc(C[C@H]2[C@H]3C[C@H](CN(C(=O)c4cnco4)C3)[C@@H]3CCCC(=O)N32)c1. The van der Waals surface area contributed by atoms with E-state index in [9.17, 15) is 9.59 Å². The summed E-state index contributed by atoms with van der Waals surface area (Å²) in [5, 5.41) is 0. The standard InChI is InChI=1S/C23H27N3O4/c1-29-18-5-2-4-15(8-18)9-20-17-10-16(19-6-3-7-22(27)26(19)20)12-25(13-17)23(28)21-11-24-14-30-21/h2,4-5,8,11,14,16-17,19-20H,3,6-7,9-10,12-13H2,1H3/t16-,17+,19+,20+/m1/s1. The van der Waals surface area contributed by atoms with Crippen molar-refractivity contribution in [2.45, 2.75) is 44.2 Å². The number of hydrogen-bond donors (Lipinski definition) is 0. The van der Waals surface area contributed by atoms with Gasteiger partial charge in [-0.25, -0.2) is 4.98 Å². The molecule has 5 rings (SSSR count). The lowest BCUT2D eigenvalue weighted by molar-refractivity contribution is -0.151. The highest BCUT2D eigenvalue weighted by molar-refractivity contribution is 5.91. The Morgan fingerprint density at radius 3 is 2.97 bits per heavy atom. The minimum Gasteiger partial charge on any atom is -0.497 e. The molecule has 158 valence electrons. The average molecular weight is 409 g/mol. The van der Waals surface area contributed by atoms with E-state index in [1.165, 1.54) is 12.6 Å². The Kier molecular flexibility index (Phi) is 4.97. The molecule has 2 bridgehead atoms. The summed E-state index contributed by atoms with van der Waals surface area (Å²) in [6.45, 7) is 1.32. The number of nitrogens with zero attached hydrogens (tertiary/aromatic N) is 3. The number of methoxy groups -OCH3 is 1. The second-order valence-electron chi connectivity index (χ2n) is 8.72. The van der Waals surface area contributed by atoms with E-state index < -0.39 is 0 Å². The Balaban J connectivity index is 1.44. The fraction of sp³-hybridized carbons (Fsp3) is 0.522. The zero-order valence-electron chi connectivity index (χ0n) is 17.2. The number of fused-ring (bicyclic) bond motifs is 4. The maximum Gasteiger partial charge on any atom is 0.291 e. The molecule has 1 aromatic heterocycles. The molecule has 1 aromatic carbocycles. The van der Waals surface area contributed by atoms with Crippen LogP contribution in [0.25, 0.3) is 0 Å². The van der Waals surface area contributed by atoms with Gasteiger partial charge in [0.25, 0.3) is 5.91 Å². The summed E-state index contributed by atoms with van der Waals surface area (Å²) < 4.78 is 10.7. The molecule has 7 nitrogen and oxygen atoms in total. The first kappa shape index (κ1) is 19.2. The van der Waals surface area contributed by atoms with Crippen LogP contribution in [0.4, 0.5) is 0 Å². The van der Waals surface area contributed by atoms with Crippen LogP contribution in [0.2, 0.25) is 0 Å². The van der Waals surface area contributed by atoms with Gasteiger partial charge in [-0.05, 0) is 55.2 Å². The number of hydrogen-bond acceptors (Lipinski definition) is 5. The Hall–Kier alpha value is -2.83. The number of carbonyl (C=O) groups excluding carboxylic acids is 2. The van der Waals surface area contributed by atoms with Crippen LogP contribution >= 0.6 is 0 Å². The molecular formula is C23H27N3O4. The highest BCUT2D eigenvalue weighted by Gasteiger charge is 2.50. The number of benzene rings is 1. The highest BCUT2D eigenvalue weighted by atomic mass is 16.5. The third-order valence-electron chi connectivity index (χ3n) is 7.01. The predicted octanol–water partition coefficient (Wildman–Crippen LogP) is 2.77. The van der Waals surface area contributed by atoms with E-state index in [-0.39, 0.29) is 35.6 Å². The van der Waals surface area contributed by atoms with E-state index in [1.54, 1.807) is 7.11 Å². The van der Waals surface area contributed by atoms with Crippen molar-refractivity contribution in [3.05, 3.63) is 48.2 Å². The number of carbonyl (C=O) groups is 2. The summed E-state index contributed by atoms with van der Waals surface area (Å²) in [7, 11) is 1.67. The molecule has 30 heavy (non-hydrogen) atoms. The van der Waals surface area contributed by atoms with Gasteiger partial charge in [-0.2, -0.15) is 0 Å². The van der Waals surface area contributed by atoms with Crippen molar-refractivity contribution >= 4 is 11.8 Å². The summed E-state index contributed by atoms with van der Waals surface area (Å²) in [6.07, 6.45) is 7.20. The highest BCUT2D eigenvalue weighted by Crippen LogP contribution is 2.43. The zero-order valence-corrected chi connectivity index (χ0v) is 17.2. The van der Waals surface area contributed by atoms with E-state index in [4.69, 9.17) is 9.15 Å². The molecule has 7 heteroatoms. The van der Waals surface area contributed by atoms with Crippen molar-refractivity contribution in [2.75, 3.05) is 20.2 Å². The van der Waals surface area contributed by atoms with E-state index >= 15 is 0 Å². The minimum absolute atomic E-state index is 0.0940. The Morgan fingerprint density at radius 1 is 1.30 bits per heavy atom. The number of likely N-dealkylation sites (tertiary alicyclic amines) is 1. The second kappa shape index (κ2) is 7.78. The molecule has 2 amide bonds. The van der Waals surface area contributed by atoms with E-state index in [1.807, 2.05) is 17.0 Å². The van der Waals surface area contributed by atoms with E-state index in [0.717, 1.165) is 37.0 Å². The summed E-state index contributed by atoms with van der Waals surface area (Å²) >= 11 is 0. The van der Waals surface area contributed by atoms with Gasteiger partial charge in [0.05, 0.1) is 13.3 Å². The summed E-state index contributed by atoms with van der Waals surface area (Å²) in [4.78, 5) is 33.9. The first-order chi connectivity index (χ1) is 14.6. The van der Waals surface area contributed by atoms with Gasteiger partial charge in [0.15, 0.2) is 6.39 Å². The molecule has 0 unspecified atom stereocenters. The van der Waals surface area contributed by atoms with Gasteiger partial charge in [0.2, 0.25) is 11.7 Å². The second-order valence-corrected chi connectivity index (χ2v) is 8.72. The molecule has 3 saturated heterocycles. The summed E-state index contributed by atoms with van der Waals surface area (Å²) in [5.74, 6) is 1.85. The number of aromatic nitrogens is 1. The molecule has 0 saturated carbocycles. The van der Waals surface area contributed by atoms with Crippen LogP contribution in [0, 0.1) is 11.8 Å². The van der Waals surface area contributed by atoms with Gasteiger partial charge in [0, 0.05) is 31.6 Å². The Labute approximate surface area is 176 Å². The van der Waals surface area contributed by atoms with Gasteiger partial charge in [-0.15, -0.1) is 0 Å². The predicted molar refractivity (Wildman–Crippen MR) is 109 cm³/mol. The van der Waals surface area contributed by atoms with Gasteiger partial charge < -0.3 is 19.0 Å². The van der Waals surface area contributed by atoms with Crippen LogP contribution in [0.15, 0.2) is 41.3 Å². The third kappa shape index (κ3) is 3.36. The van der Waals surface area contributed by atoms with Crippen molar-refractivity contribution in [1.29, 1.82) is 0 Å². The van der Waals surface area contributed by atoms with Crippen LogP contribution in [0.1, 0.15) is 41.8 Å². The van der Waals surface area contributed by atoms with Crippen LogP contribution in [0.3, 0.4) is 0 Å². The van der Waals surface area contributed by atoms with Crippen molar-refractivity contribution in [3.63, 3.8) is 0 Å². The maximum absolute atomic E-state index is 13.0. The van der Waals surface area contributed by atoms with E-state index in [0.29, 0.717) is 25.4 Å². The fourth-order valence-electron chi connectivity index (χ4n) is 5.72. The minimum atomic E-state index is -0.0992. The molecule has 0 aliphatic carbocycles. The van der Waals surface area contributed by atoms with Crippen LogP contribution in [-0.4, -0.2) is 58.9 Å². The third-order valence-corrected chi connectivity index (χ3v) is 7.01. The first-order valence-electron chi connectivity index (χ1n) is 10.8. The maximum atomic E-state index is 13.0. The molecule has 3 fully saturated rings. The lowest BCUT2D eigenvalue weighted by atomic mass is 9.70. The van der Waals surface area contributed by atoms with Crippen LogP contribution in [-0.2, 0) is 11.2 Å². The molecule has 3 aliphatic rings. The Bertz CT molecular complexity index is 928. The molecule has 0 radical (unpaired) electrons. The van der Waals surface area contributed by atoms with Crippen molar-refractivity contribution in [3.8, 4) is 5.75 Å². The summed E-state index contributed by atoms with van der Waals surface area (Å²) in [6, 6.07) is 8.39. The lowest BCUT2D eigenvalue weighted by Crippen LogP contribution is -2.66. The number of oxazole rings is 1. The fourth-order valence-corrected chi connectivity index (χ4v) is 5.72. The summed E-state index contributed by atoms with van der Waals surface area (Å²) in [5.41, 5.74) is 1.16. The lowest BCUT2D eigenvalue weighted by Gasteiger charge is -2.56. The van der Waals surface area contributed by atoms with Gasteiger partial charge >= 0.3 is 0 Å². The van der Waals surface area contributed by atoms with Crippen LogP contribution < -0.4 is 4.74 Å². The normalized spacial score (nSPS) is 28.2. The number of amides is 2. The number of ether oxygens (including phenoxy) is 1. The van der Waals surface area contributed by atoms with Gasteiger partial charge in [-0.1, -0.05) is 12.1 Å². The Morgan fingerprint density at radius 2 is 2.17 bits per heavy atom. The topological polar surface area (TPSA) is 75.9 Å². The van der Waals surface area contributed by atoms with Crippen molar-refractivity contribution in [1.82, 2.24) is 14.8 Å². The first-order valence-corrected chi connectivity index (χ1v) is 10.8. The van der Waals surface area contributed by atoms with Crippen LogP contribution in [0.5, 0.6) is 5.75 Å². The molecule has 3 aliphatic heterocycles. The smallest absolute Gasteiger partial charge is 0.291 e. The number of piperidine rings is 3. The molecule has 4 heterocycles. The number of rotatable bonds is 4. The zero-order chi connectivity index (χ0) is 20.7. The molecular weight excluding hydrogens is 382 g/mol. The molecule has 0 spiro atoms.